The minimum Gasteiger partial charge on any atom is -0.306 e. The fourth-order valence-corrected chi connectivity index (χ4v) is 2.43. The van der Waals surface area contributed by atoms with Crippen molar-refractivity contribution >= 4 is 15.9 Å². The molecule has 106 valence electrons. The van der Waals surface area contributed by atoms with Gasteiger partial charge in [0.2, 0.25) is 0 Å². The Bertz CT molecular complexity index is 666. The summed E-state index contributed by atoms with van der Waals surface area (Å²) in [4.78, 5) is 18.9. The molecule has 1 N–H and O–H groups in total. The Labute approximate surface area is 123 Å². The molecular formula is C14H13BrF2N2O. The lowest BCUT2D eigenvalue weighted by Crippen LogP contribution is -2.14. The number of alkyl halides is 2. The second kappa shape index (κ2) is 5.83. The van der Waals surface area contributed by atoms with Gasteiger partial charge in [-0.15, -0.1) is 0 Å². The van der Waals surface area contributed by atoms with Crippen molar-refractivity contribution in [2.45, 2.75) is 26.2 Å². The molecule has 1 aromatic carbocycles. The second-order valence-electron chi connectivity index (χ2n) is 4.69. The normalized spacial score (nSPS) is 11.3. The Hall–Kier alpha value is -1.56. The smallest absolute Gasteiger partial charge is 0.265 e. The van der Waals surface area contributed by atoms with Gasteiger partial charge in [-0.1, -0.05) is 38.1 Å². The second-order valence-corrected chi connectivity index (χ2v) is 5.48. The van der Waals surface area contributed by atoms with Gasteiger partial charge < -0.3 is 4.98 Å². The molecule has 0 unspecified atom stereocenters. The Balaban J connectivity index is 2.50. The Morgan fingerprint density at radius 2 is 1.80 bits per heavy atom. The number of aromatic nitrogens is 2. The summed E-state index contributed by atoms with van der Waals surface area (Å²) >= 11 is 3.21. The van der Waals surface area contributed by atoms with Crippen molar-refractivity contribution in [2.75, 3.05) is 0 Å². The van der Waals surface area contributed by atoms with Crippen molar-refractivity contribution in [3.63, 3.8) is 0 Å². The average Bonchev–Trinajstić information content (AvgIpc) is 2.41. The van der Waals surface area contributed by atoms with Crippen molar-refractivity contribution in [3.05, 3.63) is 50.3 Å². The van der Waals surface area contributed by atoms with Crippen molar-refractivity contribution in [3.8, 4) is 11.4 Å². The molecule has 3 nitrogen and oxygen atoms in total. The van der Waals surface area contributed by atoms with E-state index in [0.717, 1.165) is 0 Å². The van der Waals surface area contributed by atoms with E-state index >= 15 is 0 Å². The van der Waals surface area contributed by atoms with Gasteiger partial charge in [0, 0.05) is 11.1 Å². The third-order valence-electron chi connectivity index (χ3n) is 2.87. The zero-order valence-electron chi connectivity index (χ0n) is 11.0. The molecule has 0 aliphatic heterocycles. The molecule has 6 heteroatoms. The number of H-pyrrole nitrogens is 1. The number of benzene rings is 1. The van der Waals surface area contributed by atoms with E-state index in [1.165, 1.54) is 24.3 Å². The maximum atomic E-state index is 12.5. The van der Waals surface area contributed by atoms with Crippen LogP contribution in [0.4, 0.5) is 8.78 Å². The molecule has 0 bridgehead atoms. The molecule has 0 radical (unpaired) electrons. The van der Waals surface area contributed by atoms with E-state index < -0.39 is 6.43 Å². The summed E-state index contributed by atoms with van der Waals surface area (Å²) in [6.45, 7) is 3.85. The minimum atomic E-state index is -2.51. The first-order valence-corrected chi connectivity index (χ1v) is 6.87. The molecule has 0 spiro atoms. The zero-order valence-corrected chi connectivity index (χ0v) is 12.5. The number of rotatable bonds is 3. The third kappa shape index (κ3) is 2.95. The number of hydrogen-bond acceptors (Lipinski definition) is 2. The molecule has 1 aromatic heterocycles. The zero-order chi connectivity index (χ0) is 14.9. The van der Waals surface area contributed by atoms with Gasteiger partial charge in [0.15, 0.2) is 0 Å². The van der Waals surface area contributed by atoms with Crippen LogP contribution in [0.3, 0.4) is 0 Å². The maximum absolute atomic E-state index is 12.5. The van der Waals surface area contributed by atoms with E-state index in [2.05, 4.69) is 25.9 Å². The van der Waals surface area contributed by atoms with E-state index in [1.54, 1.807) is 0 Å². The SMILES string of the molecule is CC(C)c1nc(-c2ccc(C(F)F)cc2)[nH]c(=O)c1Br. The topological polar surface area (TPSA) is 45.8 Å². The number of aromatic amines is 1. The summed E-state index contributed by atoms with van der Waals surface area (Å²) in [6, 6.07) is 5.71. The largest absolute Gasteiger partial charge is 0.306 e. The van der Waals surface area contributed by atoms with Crippen molar-refractivity contribution in [1.82, 2.24) is 9.97 Å². The standard InChI is InChI=1S/C14H13BrF2N2O/c1-7(2)11-10(15)14(20)19-13(18-11)9-5-3-8(4-6-9)12(16)17/h3-7,12H,1-2H3,(H,18,19,20). The highest BCUT2D eigenvalue weighted by atomic mass is 79.9. The molecule has 2 rings (SSSR count). The fraction of sp³-hybridized carbons (Fsp3) is 0.286. The first kappa shape index (κ1) is 14.8. The van der Waals surface area contributed by atoms with Gasteiger partial charge in [0.1, 0.15) is 10.3 Å². The van der Waals surface area contributed by atoms with Crippen LogP contribution in [0.5, 0.6) is 0 Å². The van der Waals surface area contributed by atoms with E-state index in [9.17, 15) is 13.6 Å². The van der Waals surface area contributed by atoms with Crippen molar-refractivity contribution < 1.29 is 8.78 Å². The monoisotopic (exact) mass is 342 g/mol. The predicted octanol–water partition coefficient (Wildman–Crippen LogP) is 4.26. The molecule has 0 fully saturated rings. The van der Waals surface area contributed by atoms with Gasteiger partial charge in [-0.25, -0.2) is 13.8 Å². The molecular weight excluding hydrogens is 330 g/mol. The first-order chi connectivity index (χ1) is 9.40. The van der Waals surface area contributed by atoms with E-state index in [1.807, 2.05) is 13.8 Å². The summed E-state index contributed by atoms with van der Waals surface area (Å²) in [5.41, 5.74) is 0.900. The maximum Gasteiger partial charge on any atom is 0.265 e. The summed E-state index contributed by atoms with van der Waals surface area (Å²) in [5, 5.41) is 0. The lowest BCUT2D eigenvalue weighted by molar-refractivity contribution is 0.151. The summed E-state index contributed by atoms with van der Waals surface area (Å²) < 4.78 is 25.4. The first-order valence-electron chi connectivity index (χ1n) is 6.08. The van der Waals surface area contributed by atoms with Crippen molar-refractivity contribution in [2.24, 2.45) is 0 Å². The minimum absolute atomic E-state index is 0.0581. The van der Waals surface area contributed by atoms with E-state index in [-0.39, 0.29) is 17.0 Å². The highest BCUT2D eigenvalue weighted by Gasteiger charge is 2.14. The molecule has 0 aliphatic carbocycles. The molecule has 0 aliphatic rings. The number of nitrogens with one attached hydrogen (secondary N) is 1. The van der Waals surface area contributed by atoms with Crippen molar-refractivity contribution in [1.29, 1.82) is 0 Å². The van der Waals surface area contributed by atoms with Gasteiger partial charge >= 0.3 is 0 Å². The van der Waals surface area contributed by atoms with E-state index in [0.29, 0.717) is 21.6 Å². The van der Waals surface area contributed by atoms with Crippen LogP contribution in [0.15, 0.2) is 33.5 Å². The number of nitrogens with zero attached hydrogens (tertiary/aromatic N) is 1. The Morgan fingerprint density at radius 3 is 2.30 bits per heavy atom. The van der Waals surface area contributed by atoms with Crippen LogP contribution in [0.2, 0.25) is 0 Å². The average molecular weight is 343 g/mol. The molecule has 0 amide bonds. The third-order valence-corrected chi connectivity index (χ3v) is 3.64. The van der Waals surface area contributed by atoms with Crippen LogP contribution in [0.25, 0.3) is 11.4 Å². The van der Waals surface area contributed by atoms with Crippen LogP contribution in [0, 0.1) is 0 Å². The predicted molar refractivity (Wildman–Crippen MR) is 77.0 cm³/mol. The van der Waals surface area contributed by atoms with Crippen LogP contribution in [-0.4, -0.2) is 9.97 Å². The number of hydrogen-bond donors (Lipinski definition) is 1. The molecule has 0 atom stereocenters. The molecule has 1 heterocycles. The lowest BCUT2D eigenvalue weighted by atomic mass is 10.1. The van der Waals surface area contributed by atoms with Crippen LogP contribution in [-0.2, 0) is 0 Å². The number of halogens is 3. The van der Waals surface area contributed by atoms with Gasteiger partial charge in [0.05, 0.1) is 5.69 Å². The summed E-state index contributed by atoms with van der Waals surface area (Å²) in [6.07, 6.45) is -2.51. The molecule has 2 aromatic rings. The molecule has 20 heavy (non-hydrogen) atoms. The van der Waals surface area contributed by atoms with Crippen LogP contribution >= 0.6 is 15.9 Å². The van der Waals surface area contributed by atoms with Crippen LogP contribution < -0.4 is 5.56 Å². The molecule has 0 saturated heterocycles. The quantitative estimate of drug-likeness (QED) is 0.905. The lowest BCUT2D eigenvalue weighted by Gasteiger charge is -2.09. The van der Waals surface area contributed by atoms with Gasteiger partial charge in [-0.3, -0.25) is 4.79 Å². The molecule has 0 saturated carbocycles. The highest BCUT2D eigenvalue weighted by molar-refractivity contribution is 9.10. The highest BCUT2D eigenvalue weighted by Crippen LogP contribution is 2.24. The Kier molecular flexibility index (Phi) is 4.32. The fourth-order valence-electron chi connectivity index (χ4n) is 1.78. The van der Waals surface area contributed by atoms with Crippen LogP contribution in [0.1, 0.15) is 37.4 Å². The van der Waals surface area contributed by atoms with Gasteiger partial charge in [-0.2, -0.15) is 0 Å². The Morgan fingerprint density at radius 1 is 1.20 bits per heavy atom. The van der Waals surface area contributed by atoms with Gasteiger partial charge in [-0.05, 0) is 21.8 Å². The summed E-state index contributed by atoms with van der Waals surface area (Å²) in [5.74, 6) is 0.452. The van der Waals surface area contributed by atoms with Gasteiger partial charge in [0.25, 0.3) is 12.0 Å². The van der Waals surface area contributed by atoms with E-state index in [4.69, 9.17) is 0 Å². The summed E-state index contributed by atoms with van der Waals surface area (Å²) in [7, 11) is 0.